The van der Waals surface area contributed by atoms with Crippen LogP contribution in [0.2, 0.25) is 0 Å². The first-order valence-corrected chi connectivity index (χ1v) is 7.08. The van der Waals surface area contributed by atoms with Gasteiger partial charge in [-0.2, -0.15) is 13.1 Å². The Balaban J connectivity index is 2.29. The van der Waals surface area contributed by atoms with Gasteiger partial charge < -0.3 is 14.7 Å². The van der Waals surface area contributed by atoms with Crippen molar-refractivity contribution in [3.05, 3.63) is 0 Å². The zero-order chi connectivity index (χ0) is 15.7. The van der Waals surface area contributed by atoms with Crippen LogP contribution in [0.15, 0.2) is 0 Å². The summed E-state index contributed by atoms with van der Waals surface area (Å²) in [6, 6.07) is 0. The molecule has 0 atom stereocenters. The van der Waals surface area contributed by atoms with E-state index in [0.29, 0.717) is 12.8 Å². The van der Waals surface area contributed by atoms with Crippen molar-refractivity contribution in [2.45, 2.75) is 49.9 Å². The number of ether oxygens (including phenoxy) is 2. The highest BCUT2D eigenvalue weighted by molar-refractivity contribution is 7.96. The Morgan fingerprint density at radius 2 is 1.81 bits per heavy atom. The molecule has 0 unspecified atom stereocenters. The summed E-state index contributed by atoms with van der Waals surface area (Å²) in [4.78, 5) is 22.4. The second kappa shape index (κ2) is 9.13. The minimum atomic E-state index is -4.16. The van der Waals surface area contributed by atoms with Gasteiger partial charge in [-0.1, -0.05) is 12.8 Å². The number of alkyl halides is 2. The molecular formula is C11H15F2O7S-. The van der Waals surface area contributed by atoms with E-state index in [1.807, 2.05) is 0 Å². The SMILES string of the molecule is O=C(COC(=O)C(F)(F)SOO[O-])OC1CCCCCC1. The molecule has 0 N–H and O–H groups in total. The van der Waals surface area contributed by atoms with Gasteiger partial charge in [-0.25, -0.2) is 9.59 Å². The molecule has 0 aromatic rings. The van der Waals surface area contributed by atoms with Gasteiger partial charge >= 0.3 is 17.2 Å². The predicted molar refractivity (Wildman–Crippen MR) is 63.2 cm³/mol. The summed E-state index contributed by atoms with van der Waals surface area (Å²) < 4.78 is 38.4. The van der Waals surface area contributed by atoms with Gasteiger partial charge in [0.25, 0.3) is 0 Å². The smallest absolute Gasteiger partial charge is 0.415 e. The van der Waals surface area contributed by atoms with Crippen molar-refractivity contribution in [2.75, 3.05) is 6.61 Å². The van der Waals surface area contributed by atoms with E-state index in [1.54, 1.807) is 0 Å². The maximum Gasteiger partial charge on any atom is 0.415 e. The maximum absolute atomic E-state index is 13.0. The molecule has 122 valence electrons. The third-order valence-electron chi connectivity index (χ3n) is 2.83. The van der Waals surface area contributed by atoms with Gasteiger partial charge in [0, 0.05) is 0 Å². The molecule has 1 fully saturated rings. The Morgan fingerprint density at radius 3 is 2.38 bits per heavy atom. The van der Waals surface area contributed by atoms with Crippen LogP contribution in [-0.2, 0) is 28.4 Å². The van der Waals surface area contributed by atoms with Gasteiger partial charge in [0.1, 0.15) is 18.1 Å². The highest BCUT2D eigenvalue weighted by Gasteiger charge is 2.44. The van der Waals surface area contributed by atoms with Crippen LogP contribution in [0.1, 0.15) is 38.5 Å². The Bertz CT molecular complexity index is 345. The lowest BCUT2D eigenvalue weighted by atomic mass is 10.1. The van der Waals surface area contributed by atoms with Gasteiger partial charge in [0.15, 0.2) is 6.61 Å². The second-order valence-electron chi connectivity index (χ2n) is 4.42. The molecule has 0 bridgehead atoms. The fraction of sp³-hybridized carbons (Fsp3) is 0.818. The Morgan fingerprint density at radius 1 is 1.19 bits per heavy atom. The number of hydrogen-bond acceptors (Lipinski definition) is 8. The number of rotatable bonds is 7. The van der Waals surface area contributed by atoms with Gasteiger partial charge in [0.2, 0.25) is 0 Å². The number of carbonyl (C=O) groups excluding carboxylic acids is 2. The number of esters is 2. The van der Waals surface area contributed by atoms with Crippen molar-refractivity contribution >= 4 is 24.0 Å². The first-order valence-electron chi connectivity index (χ1n) is 6.34. The molecule has 0 radical (unpaired) electrons. The lowest BCUT2D eigenvalue weighted by Gasteiger charge is -2.16. The largest absolute Gasteiger partial charge is 0.691 e. The van der Waals surface area contributed by atoms with Gasteiger partial charge in [-0.05, 0) is 25.7 Å². The van der Waals surface area contributed by atoms with Crippen LogP contribution in [0.25, 0.3) is 0 Å². The highest BCUT2D eigenvalue weighted by atomic mass is 32.2. The normalized spacial score (nSPS) is 17.1. The summed E-state index contributed by atoms with van der Waals surface area (Å²) in [6.45, 7) is -0.927. The summed E-state index contributed by atoms with van der Waals surface area (Å²) in [7, 11) is 0. The molecular weight excluding hydrogens is 314 g/mol. The van der Waals surface area contributed by atoms with E-state index in [-0.39, 0.29) is 6.10 Å². The van der Waals surface area contributed by atoms with Crippen LogP contribution < -0.4 is 5.26 Å². The summed E-state index contributed by atoms with van der Waals surface area (Å²) in [5.41, 5.74) is 0. The van der Waals surface area contributed by atoms with Crippen molar-refractivity contribution in [3.8, 4) is 0 Å². The molecule has 1 saturated carbocycles. The topological polar surface area (TPSA) is 94.1 Å². The minimum absolute atomic E-state index is 0.272. The third-order valence-corrected chi connectivity index (χ3v) is 3.33. The average Bonchev–Trinajstić information content (AvgIpc) is 2.71. The van der Waals surface area contributed by atoms with Gasteiger partial charge in [-0.15, -0.1) is 0 Å². The fourth-order valence-corrected chi connectivity index (χ4v) is 2.12. The summed E-state index contributed by atoms with van der Waals surface area (Å²) >= 11 is -0.818. The Kier molecular flexibility index (Phi) is 7.86. The summed E-state index contributed by atoms with van der Waals surface area (Å²) in [5.74, 6) is -2.92. The average molecular weight is 329 g/mol. The summed E-state index contributed by atoms with van der Waals surface area (Å²) in [5, 5.41) is 7.95. The lowest BCUT2D eigenvalue weighted by Crippen LogP contribution is -2.31. The molecule has 0 amide bonds. The van der Waals surface area contributed by atoms with Crippen LogP contribution >= 0.6 is 12.0 Å². The molecule has 10 heteroatoms. The Hall–Kier alpha value is -0.970. The Labute approximate surface area is 123 Å². The molecule has 1 aliphatic rings. The van der Waals surface area contributed by atoms with Crippen LogP contribution in [0, 0.1) is 0 Å². The van der Waals surface area contributed by atoms with Crippen molar-refractivity contribution in [1.82, 2.24) is 0 Å². The molecule has 0 heterocycles. The van der Waals surface area contributed by atoms with Gasteiger partial charge in [0.05, 0.1) is 0 Å². The molecule has 0 saturated heterocycles. The lowest BCUT2D eigenvalue weighted by molar-refractivity contribution is -0.777. The van der Waals surface area contributed by atoms with E-state index in [4.69, 9.17) is 4.74 Å². The number of hydrogen-bond donors (Lipinski definition) is 0. The number of carbonyl (C=O) groups is 2. The summed E-state index contributed by atoms with van der Waals surface area (Å²) in [6.07, 6.45) is 5.13. The molecule has 7 nitrogen and oxygen atoms in total. The molecule has 0 spiro atoms. The second-order valence-corrected chi connectivity index (χ2v) is 5.23. The minimum Gasteiger partial charge on any atom is -0.691 e. The van der Waals surface area contributed by atoms with E-state index in [0.717, 1.165) is 25.7 Å². The highest BCUT2D eigenvalue weighted by Crippen LogP contribution is 2.31. The molecule has 21 heavy (non-hydrogen) atoms. The van der Waals surface area contributed by atoms with Crippen LogP contribution in [-0.4, -0.2) is 29.9 Å². The first kappa shape index (κ1) is 18.1. The van der Waals surface area contributed by atoms with Crippen molar-refractivity contribution < 1.29 is 42.5 Å². The van der Waals surface area contributed by atoms with Crippen molar-refractivity contribution in [1.29, 1.82) is 0 Å². The third kappa shape index (κ3) is 7.02. The van der Waals surface area contributed by atoms with E-state index >= 15 is 0 Å². The fourth-order valence-electron chi connectivity index (χ4n) is 1.88. The molecule has 1 rings (SSSR count). The van der Waals surface area contributed by atoms with Crippen LogP contribution in [0.5, 0.6) is 0 Å². The first-order chi connectivity index (χ1) is 9.95. The van der Waals surface area contributed by atoms with Crippen molar-refractivity contribution in [2.24, 2.45) is 0 Å². The van der Waals surface area contributed by atoms with E-state index in [9.17, 15) is 23.6 Å². The van der Waals surface area contributed by atoms with E-state index in [2.05, 4.69) is 14.1 Å². The van der Waals surface area contributed by atoms with Gasteiger partial charge in [-0.3, -0.25) is 5.04 Å². The quantitative estimate of drug-likeness (QED) is 0.226. The molecule has 0 aromatic carbocycles. The zero-order valence-corrected chi connectivity index (χ0v) is 11.9. The molecule has 0 aromatic heterocycles. The molecule has 1 aliphatic carbocycles. The van der Waals surface area contributed by atoms with E-state index in [1.165, 1.54) is 0 Å². The number of halogens is 2. The standard InChI is InChI=1S/C11H16F2O7S/c12-11(13,21-20-19-16)10(15)17-7-9(14)18-8-5-3-1-2-4-6-8/h8,16H,1-7H2/p-1. The maximum atomic E-state index is 13.0. The monoisotopic (exact) mass is 329 g/mol. The van der Waals surface area contributed by atoms with E-state index < -0.39 is 35.8 Å². The predicted octanol–water partition coefficient (Wildman–Crippen LogP) is 1.26. The molecule has 0 aliphatic heterocycles. The zero-order valence-electron chi connectivity index (χ0n) is 11.0. The van der Waals surface area contributed by atoms with Crippen LogP contribution in [0.4, 0.5) is 8.78 Å². The van der Waals surface area contributed by atoms with Crippen LogP contribution in [0.3, 0.4) is 0 Å². The van der Waals surface area contributed by atoms with Crippen molar-refractivity contribution in [3.63, 3.8) is 0 Å².